The van der Waals surface area contributed by atoms with Crippen molar-refractivity contribution in [2.75, 3.05) is 13.1 Å². The lowest BCUT2D eigenvalue weighted by molar-refractivity contribution is 0.0525. The van der Waals surface area contributed by atoms with Crippen LogP contribution in [0.1, 0.15) is 73.1 Å². The highest BCUT2D eigenvalue weighted by Crippen LogP contribution is 2.29. The first-order valence-electron chi connectivity index (χ1n) is 9.00. The maximum absolute atomic E-state index is 2.78. The van der Waals surface area contributed by atoms with Gasteiger partial charge in [0.15, 0.2) is 0 Å². The largest absolute Gasteiger partial charge is 0.298 e. The molecule has 0 N–H and O–H groups in total. The van der Waals surface area contributed by atoms with Crippen molar-refractivity contribution in [3.8, 4) is 0 Å². The van der Waals surface area contributed by atoms with E-state index >= 15 is 0 Å². The van der Waals surface area contributed by atoms with Crippen LogP contribution in [0.3, 0.4) is 0 Å². The predicted molar refractivity (Wildman–Crippen MR) is 88.1 cm³/mol. The molecule has 118 valence electrons. The molecule has 3 unspecified atom stereocenters. The van der Waals surface area contributed by atoms with Crippen molar-refractivity contribution in [1.29, 1.82) is 0 Å². The smallest absolute Gasteiger partial charge is 0.00728 e. The fourth-order valence-electron chi connectivity index (χ4n) is 4.52. The van der Waals surface area contributed by atoms with Crippen molar-refractivity contribution in [2.24, 2.45) is 5.92 Å². The Kier molecular flexibility index (Phi) is 5.92. The van der Waals surface area contributed by atoms with Gasteiger partial charge in [0.25, 0.3) is 0 Å². The molecule has 0 bridgehead atoms. The molecule has 4 atom stereocenters. The van der Waals surface area contributed by atoms with Crippen LogP contribution in [0.15, 0.2) is 0 Å². The maximum atomic E-state index is 2.78. The molecular formula is C18H36N2. The van der Waals surface area contributed by atoms with E-state index in [1.54, 1.807) is 0 Å². The number of hydrogen-bond acceptors (Lipinski definition) is 2. The van der Waals surface area contributed by atoms with Crippen molar-refractivity contribution >= 4 is 0 Å². The van der Waals surface area contributed by atoms with Crippen LogP contribution in [0, 0.1) is 5.92 Å². The monoisotopic (exact) mass is 280 g/mol. The van der Waals surface area contributed by atoms with Gasteiger partial charge in [0.05, 0.1) is 0 Å². The molecule has 0 amide bonds. The second-order valence-electron chi connectivity index (χ2n) is 7.75. The van der Waals surface area contributed by atoms with Gasteiger partial charge in [-0.05, 0) is 79.2 Å². The van der Waals surface area contributed by atoms with Gasteiger partial charge >= 0.3 is 0 Å². The van der Waals surface area contributed by atoms with Gasteiger partial charge in [-0.2, -0.15) is 0 Å². The van der Waals surface area contributed by atoms with Crippen LogP contribution in [0.25, 0.3) is 0 Å². The quantitative estimate of drug-likeness (QED) is 0.763. The van der Waals surface area contributed by atoms with E-state index in [-0.39, 0.29) is 0 Å². The second-order valence-corrected chi connectivity index (χ2v) is 7.75. The highest BCUT2D eigenvalue weighted by Gasteiger charge is 2.30. The van der Waals surface area contributed by atoms with Crippen LogP contribution < -0.4 is 0 Å². The van der Waals surface area contributed by atoms with Crippen LogP contribution in [-0.2, 0) is 0 Å². The van der Waals surface area contributed by atoms with Crippen LogP contribution in [0.5, 0.6) is 0 Å². The first-order chi connectivity index (χ1) is 9.49. The SMILES string of the molecule is CC(C)N1CC(CC(C)N2CCCC[C@H]2C)CCC1C. The molecule has 2 heterocycles. The van der Waals surface area contributed by atoms with Crippen LogP contribution in [0.4, 0.5) is 0 Å². The van der Waals surface area contributed by atoms with E-state index in [9.17, 15) is 0 Å². The molecule has 2 heteroatoms. The molecule has 20 heavy (non-hydrogen) atoms. The first-order valence-corrected chi connectivity index (χ1v) is 9.00. The molecule has 2 saturated heterocycles. The van der Waals surface area contributed by atoms with Crippen molar-refractivity contribution in [3.05, 3.63) is 0 Å². The van der Waals surface area contributed by atoms with E-state index in [1.165, 1.54) is 51.6 Å². The average molecular weight is 280 g/mol. The molecule has 2 aliphatic rings. The summed E-state index contributed by atoms with van der Waals surface area (Å²) in [4.78, 5) is 5.50. The van der Waals surface area contributed by atoms with Crippen molar-refractivity contribution in [3.63, 3.8) is 0 Å². The highest BCUT2D eigenvalue weighted by molar-refractivity contribution is 4.85. The first kappa shape index (κ1) is 16.3. The Labute approximate surface area is 126 Å². The van der Waals surface area contributed by atoms with Crippen molar-refractivity contribution in [2.45, 2.75) is 97.3 Å². The molecule has 0 saturated carbocycles. The second kappa shape index (κ2) is 7.26. The van der Waals surface area contributed by atoms with E-state index in [4.69, 9.17) is 0 Å². The molecule has 0 aromatic rings. The van der Waals surface area contributed by atoms with E-state index in [1.807, 2.05) is 0 Å². The maximum Gasteiger partial charge on any atom is 0.00728 e. The summed E-state index contributed by atoms with van der Waals surface area (Å²) in [7, 11) is 0. The van der Waals surface area contributed by atoms with Gasteiger partial charge in [0, 0.05) is 30.7 Å². The lowest BCUT2D eigenvalue weighted by atomic mass is 9.87. The number of likely N-dealkylation sites (tertiary alicyclic amines) is 2. The molecule has 2 fully saturated rings. The normalized spacial score (nSPS) is 35.4. The minimum atomic E-state index is 0.706. The average Bonchev–Trinajstić information content (AvgIpc) is 2.41. The summed E-state index contributed by atoms with van der Waals surface area (Å²) in [5, 5.41) is 0. The standard InChI is InChI=1S/C18H36N2/c1-14(2)20-13-18(10-9-16(20)4)12-17(5)19-11-7-6-8-15(19)3/h14-18H,6-13H2,1-5H3/t15-,16?,17?,18?/m1/s1. The Hall–Kier alpha value is -0.0800. The number of piperidine rings is 2. The summed E-state index contributed by atoms with van der Waals surface area (Å²) < 4.78 is 0. The Morgan fingerprint density at radius 1 is 0.900 bits per heavy atom. The summed E-state index contributed by atoms with van der Waals surface area (Å²) in [6.45, 7) is 14.7. The Bertz CT molecular complexity index is 289. The fourth-order valence-corrected chi connectivity index (χ4v) is 4.52. The summed E-state index contributed by atoms with van der Waals surface area (Å²) in [6.07, 6.45) is 8.49. The third kappa shape index (κ3) is 3.98. The number of rotatable bonds is 4. The zero-order valence-electron chi connectivity index (χ0n) is 14.4. The summed E-state index contributed by atoms with van der Waals surface area (Å²) in [5.74, 6) is 0.915. The zero-order valence-corrected chi connectivity index (χ0v) is 14.4. The molecule has 0 aromatic carbocycles. The minimum absolute atomic E-state index is 0.706. The fraction of sp³-hybridized carbons (Fsp3) is 1.00. The van der Waals surface area contributed by atoms with E-state index in [0.717, 1.165) is 24.0 Å². The molecular weight excluding hydrogens is 244 g/mol. The molecule has 0 spiro atoms. The Morgan fingerprint density at radius 2 is 1.60 bits per heavy atom. The van der Waals surface area contributed by atoms with Gasteiger partial charge in [-0.25, -0.2) is 0 Å². The lowest BCUT2D eigenvalue weighted by Crippen LogP contribution is -2.48. The molecule has 2 rings (SSSR count). The van der Waals surface area contributed by atoms with E-state index < -0.39 is 0 Å². The summed E-state index contributed by atoms with van der Waals surface area (Å²) in [6, 6.07) is 3.08. The third-order valence-electron chi connectivity index (χ3n) is 5.79. The van der Waals surface area contributed by atoms with Crippen molar-refractivity contribution < 1.29 is 0 Å². The number of hydrogen-bond donors (Lipinski definition) is 0. The van der Waals surface area contributed by atoms with Gasteiger partial charge in [-0.15, -0.1) is 0 Å². The van der Waals surface area contributed by atoms with Gasteiger partial charge < -0.3 is 0 Å². The molecule has 0 aliphatic carbocycles. The topological polar surface area (TPSA) is 6.48 Å². The Morgan fingerprint density at radius 3 is 2.25 bits per heavy atom. The summed E-state index contributed by atoms with van der Waals surface area (Å²) >= 11 is 0. The molecule has 0 radical (unpaired) electrons. The van der Waals surface area contributed by atoms with E-state index in [0.29, 0.717) is 6.04 Å². The highest BCUT2D eigenvalue weighted by atomic mass is 15.2. The lowest BCUT2D eigenvalue weighted by Gasteiger charge is -2.44. The van der Waals surface area contributed by atoms with Crippen LogP contribution >= 0.6 is 0 Å². The Balaban J connectivity index is 1.86. The molecule has 2 aliphatic heterocycles. The van der Waals surface area contributed by atoms with Gasteiger partial charge in [0.1, 0.15) is 0 Å². The third-order valence-corrected chi connectivity index (χ3v) is 5.79. The van der Waals surface area contributed by atoms with Crippen molar-refractivity contribution in [1.82, 2.24) is 9.80 Å². The van der Waals surface area contributed by atoms with Crippen LogP contribution in [-0.4, -0.2) is 47.1 Å². The minimum Gasteiger partial charge on any atom is -0.298 e. The van der Waals surface area contributed by atoms with Gasteiger partial charge in [-0.1, -0.05) is 6.42 Å². The van der Waals surface area contributed by atoms with E-state index in [2.05, 4.69) is 44.4 Å². The van der Waals surface area contributed by atoms with Crippen LogP contribution in [0.2, 0.25) is 0 Å². The van der Waals surface area contributed by atoms with Gasteiger partial charge in [0.2, 0.25) is 0 Å². The molecule has 0 aromatic heterocycles. The molecule has 2 nitrogen and oxygen atoms in total. The zero-order chi connectivity index (χ0) is 14.7. The number of nitrogens with zero attached hydrogens (tertiary/aromatic N) is 2. The summed E-state index contributed by atoms with van der Waals surface area (Å²) in [5.41, 5.74) is 0. The van der Waals surface area contributed by atoms with Gasteiger partial charge in [-0.3, -0.25) is 9.80 Å². The predicted octanol–water partition coefficient (Wildman–Crippen LogP) is 4.15.